The van der Waals surface area contributed by atoms with Gasteiger partial charge in [-0.15, -0.1) is 0 Å². The predicted molar refractivity (Wildman–Crippen MR) is 74.2 cm³/mol. The molecule has 10 heteroatoms. The van der Waals surface area contributed by atoms with E-state index in [4.69, 9.17) is 23.7 Å². The standard InChI is InChI=1S/C14H20O10/c1-6(15)20-5-10-12(21-7(2)16)13(22-8(3)17)11(19)14(24-10)23-9(4)18/h10-14,19H,5H2,1-4H3/t10-,11-,12+,13-,14?/m1/s1. The van der Waals surface area contributed by atoms with Crippen LogP contribution in [0.15, 0.2) is 0 Å². The topological polar surface area (TPSA) is 135 Å². The zero-order valence-corrected chi connectivity index (χ0v) is 13.7. The van der Waals surface area contributed by atoms with E-state index in [0.29, 0.717) is 0 Å². The van der Waals surface area contributed by atoms with Crippen molar-refractivity contribution in [2.24, 2.45) is 0 Å². The highest BCUT2D eigenvalue weighted by Gasteiger charge is 2.51. The molecule has 1 heterocycles. The van der Waals surface area contributed by atoms with Gasteiger partial charge in [-0.3, -0.25) is 19.2 Å². The second-order valence-corrected chi connectivity index (χ2v) is 5.09. The van der Waals surface area contributed by atoms with Crippen LogP contribution in [-0.2, 0) is 42.9 Å². The summed E-state index contributed by atoms with van der Waals surface area (Å²) in [6, 6.07) is 0. The molecular formula is C14H20O10. The molecule has 1 unspecified atom stereocenters. The number of rotatable bonds is 5. The summed E-state index contributed by atoms with van der Waals surface area (Å²) in [6.45, 7) is 4.09. The van der Waals surface area contributed by atoms with E-state index in [1.807, 2.05) is 0 Å². The lowest BCUT2D eigenvalue weighted by molar-refractivity contribution is -0.297. The van der Waals surface area contributed by atoms with Gasteiger partial charge in [-0.2, -0.15) is 0 Å². The number of ether oxygens (including phenoxy) is 5. The van der Waals surface area contributed by atoms with E-state index in [-0.39, 0.29) is 6.61 Å². The van der Waals surface area contributed by atoms with Crippen LogP contribution in [0.2, 0.25) is 0 Å². The Morgan fingerprint density at radius 1 is 0.833 bits per heavy atom. The molecule has 0 aromatic rings. The van der Waals surface area contributed by atoms with Crippen molar-refractivity contribution in [1.82, 2.24) is 0 Å². The Kier molecular flexibility index (Phi) is 7.11. The van der Waals surface area contributed by atoms with E-state index in [2.05, 4.69) is 0 Å². The number of hydrogen-bond acceptors (Lipinski definition) is 10. The van der Waals surface area contributed by atoms with Gasteiger partial charge in [0.05, 0.1) is 0 Å². The maximum atomic E-state index is 11.3. The Hall–Kier alpha value is -2.20. The predicted octanol–water partition coefficient (Wildman–Crippen LogP) is -0.938. The highest BCUT2D eigenvalue weighted by Crippen LogP contribution is 2.27. The van der Waals surface area contributed by atoms with Crippen molar-refractivity contribution in [3.8, 4) is 0 Å². The molecule has 24 heavy (non-hydrogen) atoms. The number of carbonyl (C=O) groups is 4. The fourth-order valence-corrected chi connectivity index (χ4v) is 2.15. The molecule has 0 radical (unpaired) electrons. The molecule has 0 aliphatic carbocycles. The normalized spacial score (nSPS) is 29.3. The van der Waals surface area contributed by atoms with Crippen LogP contribution in [0.5, 0.6) is 0 Å². The number of carbonyl (C=O) groups excluding carboxylic acids is 4. The van der Waals surface area contributed by atoms with Gasteiger partial charge in [-0.1, -0.05) is 0 Å². The molecule has 0 aromatic carbocycles. The second-order valence-electron chi connectivity index (χ2n) is 5.09. The Bertz CT molecular complexity index is 486. The molecule has 0 aromatic heterocycles. The molecule has 10 nitrogen and oxygen atoms in total. The highest BCUT2D eigenvalue weighted by molar-refractivity contribution is 5.68. The first-order valence-electron chi connectivity index (χ1n) is 7.10. The molecule has 5 atom stereocenters. The van der Waals surface area contributed by atoms with Crippen molar-refractivity contribution in [3.63, 3.8) is 0 Å². The largest absolute Gasteiger partial charge is 0.463 e. The number of aliphatic hydroxyl groups is 1. The van der Waals surface area contributed by atoms with Gasteiger partial charge in [-0.05, 0) is 0 Å². The van der Waals surface area contributed by atoms with Crippen LogP contribution in [0.25, 0.3) is 0 Å². The average molecular weight is 348 g/mol. The lowest BCUT2D eigenvalue weighted by Crippen LogP contribution is -2.62. The van der Waals surface area contributed by atoms with E-state index in [1.54, 1.807) is 0 Å². The average Bonchev–Trinajstić information content (AvgIpc) is 2.42. The lowest BCUT2D eigenvalue weighted by atomic mass is 9.98. The SMILES string of the molecule is CC(=O)OC[C@H]1OC(OC(C)=O)[C@H](O)[C@@H](OC(C)=O)[C@H]1OC(C)=O. The fraction of sp³-hybridized carbons (Fsp3) is 0.714. The van der Waals surface area contributed by atoms with Gasteiger partial charge in [-0.25, -0.2) is 0 Å². The minimum absolute atomic E-state index is 0.366. The third-order valence-corrected chi connectivity index (χ3v) is 2.95. The van der Waals surface area contributed by atoms with Crippen LogP contribution in [-0.4, -0.2) is 66.3 Å². The van der Waals surface area contributed by atoms with Crippen molar-refractivity contribution >= 4 is 23.9 Å². The Labute approximate surface area is 137 Å². The molecular weight excluding hydrogens is 328 g/mol. The van der Waals surface area contributed by atoms with Crippen molar-refractivity contribution in [3.05, 3.63) is 0 Å². The summed E-state index contributed by atoms with van der Waals surface area (Å²) in [4.78, 5) is 44.7. The van der Waals surface area contributed by atoms with Crippen molar-refractivity contribution in [2.45, 2.75) is 58.4 Å². The van der Waals surface area contributed by atoms with Crippen molar-refractivity contribution in [2.75, 3.05) is 6.61 Å². The van der Waals surface area contributed by atoms with Crippen LogP contribution in [0, 0.1) is 0 Å². The molecule has 1 saturated heterocycles. The molecule has 1 N–H and O–H groups in total. The van der Waals surface area contributed by atoms with E-state index in [0.717, 1.165) is 27.7 Å². The summed E-state index contributed by atoms with van der Waals surface area (Å²) in [5.41, 5.74) is 0. The molecule has 136 valence electrons. The smallest absolute Gasteiger partial charge is 0.305 e. The molecule has 1 fully saturated rings. The molecule has 0 saturated carbocycles. The Morgan fingerprint density at radius 3 is 1.79 bits per heavy atom. The minimum atomic E-state index is -1.60. The van der Waals surface area contributed by atoms with Crippen LogP contribution < -0.4 is 0 Å². The van der Waals surface area contributed by atoms with Crippen LogP contribution in [0.3, 0.4) is 0 Å². The second kappa shape index (κ2) is 8.60. The fourth-order valence-electron chi connectivity index (χ4n) is 2.15. The van der Waals surface area contributed by atoms with Gasteiger partial charge in [0, 0.05) is 27.7 Å². The van der Waals surface area contributed by atoms with Gasteiger partial charge in [0.2, 0.25) is 6.29 Å². The first-order valence-corrected chi connectivity index (χ1v) is 7.10. The van der Waals surface area contributed by atoms with Crippen molar-refractivity contribution in [1.29, 1.82) is 0 Å². The Morgan fingerprint density at radius 2 is 1.33 bits per heavy atom. The van der Waals surface area contributed by atoms with E-state index in [9.17, 15) is 24.3 Å². The van der Waals surface area contributed by atoms with Crippen LogP contribution >= 0.6 is 0 Å². The zero-order chi connectivity index (χ0) is 18.4. The maximum Gasteiger partial charge on any atom is 0.305 e. The highest BCUT2D eigenvalue weighted by atomic mass is 16.7. The summed E-state index contributed by atoms with van der Waals surface area (Å²) in [7, 11) is 0. The molecule has 0 bridgehead atoms. The summed E-state index contributed by atoms with van der Waals surface area (Å²) in [6.07, 6.45) is -6.83. The van der Waals surface area contributed by atoms with Crippen molar-refractivity contribution < 1.29 is 48.0 Å². The minimum Gasteiger partial charge on any atom is -0.463 e. The number of hydrogen-bond donors (Lipinski definition) is 1. The van der Waals surface area contributed by atoms with E-state index in [1.165, 1.54) is 0 Å². The first kappa shape index (κ1) is 19.8. The summed E-state index contributed by atoms with van der Waals surface area (Å²) >= 11 is 0. The maximum absolute atomic E-state index is 11.3. The lowest BCUT2D eigenvalue weighted by Gasteiger charge is -2.42. The van der Waals surface area contributed by atoms with Gasteiger partial charge < -0.3 is 28.8 Å². The van der Waals surface area contributed by atoms with Crippen LogP contribution in [0.4, 0.5) is 0 Å². The number of esters is 4. The van der Waals surface area contributed by atoms with Gasteiger partial charge >= 0.3 is 23.9 Å². The molecule has 1 aliphatic rings. The van der Waals surface area contributed by atoms with E-state index >= 15 is 0 Å². The number of aliphatic hydroxyl groups excluding tert-OH is 1. The quantitative estimate of drug-likeness (QED) is 0.490. The third kappa shape index (κ3) is 5.78. The zero-order valence-electron chi connectivity index (χ0n) is 13.7. The van der Waals surface area contributed by atoms with Crippen LogP contribution in [0.1, 0.15) is 27.7 Å². The van der Waals surface area contributed by atoms with Gasteiger partial charge in [0.25, 0.3) is 0 Å². The first-order chi connectivity index (χ1) is 11.1. The monoisotopic (exact) mass is 348 g/mol. The van der Waals surface area contributed by atoms with Gasteiger partial charge in [0.15, 0.2) is 18.3 Å². The van der Waals surface area contributed by atoms with E-state index < -0.39 is 54.6 Å². The summed E-state index contributed by atoms with van der Waals surface area (Å²) in [5.74, 6) is -2.87. The summed E-state index contributed by atoms with van der Waals surface area (Å²) in [5, 5.41) is 10.2. The molecule has 1 rings (SSSR count). The van der Waals surface area contributed by atoms with Gasteiger partial charge in [0.1, 0.15) is 12.7 Å². The molecule has 0 spiro atoms. The summed E-state index contributed by atoms with van der Waals surface area (Å²) < 4.78 is 25.0. The Balaban J connectivity index is 3.08. The molecule has 1 aliphatic heterocycles. The third-order valence-electron chi connectivity index (χ3n) is 2.95. The molecule has 0 amide bonds.